The van der Waals surface area contributed by atoms with Gasteiger partial charge in [-0.15, -0.1) is 0 Å². The third-order valence-corrected chi connectivity index (χ3v) is 3.26. The molecule has 1 aromatic heterocycles. The van der Waals surface area contributed by atoms with Crippen molar-refractivity contribution in [3.63, 3.8) is 0 Å². The molecule has 3 nitrogen and oxygen atoms in total. The fraction of sp³-hybridized carbons (Fsp3) is 0.0769. The lowest BCUT2D eigenvalue weighted by atomic mass is 10.1. The summed E-state index contributed by atoms with van der Waals surface area (Å²) < 4.78 is 13.4. The lowest BCUT2D eigenvalue weighted by Crippen LogP contribution is -2.02. The summed E-state index contributed by atoms with van der Waals surface area (Å²) in [4.78, 5) is 14.4. The quantitative estimate of drug-likeness (QED) is 0.877. The van der Waals surface area contributed by atoms with Crippen molar-refractivity contribution in [2.45, 2.75) is 6.42 Å². The van der Waals surface area contributed by atoms with Crippen LogP contribution in [0.15, 0.2) is 30.3 Å². The molecule has 0 bridgehead atoms. The summed E-state index contributed by atoms with van der Waals surface area (Å²) in [6, 6.07) is 7.46. The van der Waals surface area contributed by atoms with E-state index in [1.165, 1.54) is 6.07 Å². The highest BCUT2D eigenvalue weighted by molar-refractivity contribution is 6.43. The topological polar surface area (TPSA) is 50.2 Å². The molecule has 98 valence electrons. The van der Waals surface area contributed by atoms with Crippen LogP contribution >= 0.6 is 23.2 Å². The molecule has 1 heterocycles. The van der Waals surface area contributed by atoms with E-state index >= 15 is 0 Å². The Morgan fingerprint density at radius 1 is 1.32 bits per heavy atom. The number of aliphatic carboxylic acids is 1. The first-order chi connectivity index (χ1) is 8.97. The van der Waals surface area contributed by atoms with E-state index in [4.69, 9.17) is 28.3 Å². The number of benzene rings is 1. The zero-order chi connectivity index (χ0) is 14.0. The monoisotopic (exact) mass is 299 g/mol. The zero-order valence-corrected chi connectivity index (χ0v) is 11.0. The van der Waals surface area contributed by atoms with E-state index in [1.807, 2.05) is 0 Å². The molecule has 2 rings (SSSR count). The van der Waals surface area contributed by atoms with Crippen molar-refractivity contribution in [1.82, 2.24) is 4.98 Å². The van der Waals surface area contributed by atoms with Gasteiger partial charge in [0, 0.05) is 5.56 Å². The van der Waals surface area contributed by atoms with Gasteiger partial charge in [-0.1, -0.05) is 35.3 Å². The van der Waals surface area contributed by atoms with Crippen molar-refractivity contribution in [3.05, 3.63) is 51.9 Å². The molecule has 0 saturated carbocycles. The van der Waals surface area contributed by atoms with Crippen LogP contribution < -0.4 is 0 Å². The lowest BCUT2D eigenvalue weighted by Gasteiger charge is -2.07. The van der Waals surface area contributed by atoms with Gasteiger partial charge < -0.3 is 5.11 Å². The Kier molecular flexibility index (Phi) is 4.02. The number of hydrogen-bond donors (Lipinski definition) is 1. The van der Waals surface area contributed by atoms with Crippen LogP contribution in [0.25, 0.3) is 11.3 Å². The molecule has 0 aliphatic carbocycles. The molecule has 19 heavy (non-hydrogen) atoms. The summed E-state index contributed by atoms with van der Waals surface area (Å²) in [6.07, 6.45) is -0.287. The predicted molar refractivity (Wildman–Crippen MR) is 71.0 cm³/mol. The second-order valence-corrected chi connectivity index (χ2v) is 4.64. The largest absolute Gasteiger partial charge is 0.481 e. The highest BCUT2D eigenvalue weighted by Crippen LogP contribution is 2.32. The number of aromatic nitrogens is 1. The minimum Gasteiger partial charge on any atom is -0.481 e. The maximum atomic E-state index is 13.4. The molecular weight excluding hydrogens is 292 g/mol. The average Bonchev–Trinajstić information content (AvgIpc) is 2.31. The second-order valence-electron chi connectivity index (χ2n) is 3.86. The Balaban J connectivity index is 2.53. The van der Waals surface area contributed by atoms with Gasteiger partial charge in [0.2, 0.25) is 5.95 Å². The number of hydrogen-bond acceptors (Lipinski definition) is 2. The fourth-order valence-electron chi connectivity index (χ4n) is 1.67. The Morgan fingerprint density at radius 3 is 2.74 bits per heavy atom. The van der Waals surface area contributed by atoms with Gasteiger partial charge in [0.25, 0.3) is 0 Å². The summed E-state index contributed by atoms with van der Waals surface area (Å²) in [7, 11) is 0. The molecule has 0 saturated heterocycles. The van der Waals surface area contributed by atoms with Gasteiger partial charge in [-0.3, -0.25) is 4.79 Å². The van der Waals surface area contributed by atoms with Gasteiger partial charge in [-0.25, -0.2) is 4.98 Å². The van der Waals surface area contributed by atoms with E-state index in [2.05, 4.69) is 4.98 Å². The second kappa shape index (κ2) is 5.55. The number of nitrogens with zero attached hydrogens (tertiary/aromatic N) is 1. The third kappa shape index (κ3) is 3.22. The van der Waals surface area contributed by atoms with Crippen LogP contribution in [0, 0.1) is 5.95 Å². The standard InChI is InChI=1S/C13H8Cl2FNO2/c14-9-3-1-2-8(13(9)15)10-4-7(6-12(18)19)5-11(16)17-10/h1-5H,6H2,(H,18,19). The summed E-state index contributed by atoms with van der Waals surface area (Å²) in [6.45, 7) is 0. The van der Waals surface area contributed by atoms with Gasteiger partial charge >= 0.3 is 5.97 Å². The first-order valence-corrected chi connectivity index (χ1v) is 6.05. The molecule has 0 unspecified atom stereocenters. The third-order valence-electron chi connectivity index (χ3n) is 2.44. The molecule has 2 aromatic rings. The van der Waals surface area contributed by atoms with E-state index in [9.17, 15) is 9.18 Å². The molecule has 0 atom stereocenters. The number of halogens is 3. The van der Waals surface area contributed by atoms with Gasteiger partial charge in [0.15, 0.2) is 0 Å². The Hall–Kier alpha value is -1.65. The number of carboxylic acids is 1. The Morgan fingerprint density at radius 2 is 2.05 bits per heavy atom. The SMILES string of the molecule is O=C(O)Cc1cc(F)nc(-c2cccc(Cl)c2Cl)c1. The highest BCUT2D eigenvalue weighted by Gasteiger charge is 2.12. The smallest absolute Gasteiger partial charge is 0.307 e. The van der Waals surface area contributed by atoms with Crippen molar-refractivity contribution >= 4 is 29.2 Å². The maximum absolute atomic E-state index is 13.4. The van der Waals surface area contributed by atoms with Crippen LogP contribution in [0.4, 0.5) is 4.39 Å². The summed E-state index contributed by atoms with van der Waals surface area (Å²) in [5, 5.41) is 9.31. The normalized spacial score (nSPS) is 10.5. The van der Waals surface area contributed by atoms with Crippen molar-refractivity contribution in [2.24, 2.45) is 0 Å². The molecule has 0 fully saturated rings. The van der Waals surface area contributed by atoms with Crippen molar-refractivity contribution in [1.29, 1.82) is 0 Å². The molecule has 0 radical (unpaired) electrons. The maximum Gasteiger partial charge on any atom is 0.307 e. The molecular formula is C13H8Cl2FNO2. The molecule has 1 aromatic carbocycles. The summed E-state index contributed by atoms with van der Waals surface area (Å²) in [5.74, 6) is -1.81. The first-order valence-electron chi connectivity index (χ1n) is 5.30. The van der Waals surface area contributed by atoms with E-state index in [0.29, 0.717) is 16.1 Å². The van der Waals surface area contributed by atoms with Crippen LogP contribution in [-0.4, -0.2) is 16.1 Å². The van der Waals surface area contributed by atoms with Crippen LogP contribution in [0.1, 0.15) is 5.56 Å². The van der Waals surface area contributed by atoms with E-state index in [1.54, 1.807) is 18.2 Å². The molecule has 1 N–H and O–H groups in total. The van der Waals surface area contributed by atoms with Gasteiger partial charge in [-0.2, -0.15) is 4.39 Å². The molecule has 0 spiro atoms. The Bertz CT molecular complexity index is 647. The average molecular weight is 300 g/mol. The molecule has 0 aliphatic rings. The van der Waals surface area contributed by atoms with E-state index < -0.39 is 11.9 Å². The minimum absolute atomic E-state index is 0.253. The van der Waals surface area contributed by atoms with Gasteiger partial charge in [-0.05, 0) is 23.8 Å². The number of carbonyl (C=O) groups is 1. The van der Waals surface area contributed by atoms with Crippen molar-refractivity contribution < 1.29 is 14.3 Å². The summed E-state index contributed by atoms with van der Waals surface area (Å²) in [5.41, 5.74) is 1.02. The fourth-order valence-corrected chi connectivity index (χ4v) is 2.06. The molecule has 0 aliphatic heterocycles. The van der Waals surface area contributed by atoms with E-state index in [-0.39, 0.29) is 17.1 Å². The number of carboxylic acid groups (broad SMARTS) is 1. The minimum atomic E-state index is -1.05. The number of rotatable bonds is 3. The van der Waals surface area contributed by atoms with Crippen molar-refractivity contribution in [2.75, 3.05) is 0 Å². The van der Waals surface area contributed by atoms with Crippen LogP contribution in [-0.2, 0) is 11.2 Å². The molecule has 6 heteroatoms. The first kappa shape index (κ1) is 13.8. The predicted octanol–water partition coefficient (Wildman–Crippen LogP) is 3.82. The lowest BCUT2D eigenvalue weighted by molar-refractivity contribution is -0.136. The highest BCUT2D eigenvalue weighted by atomic mass is 35.5. The molecule has 0 amide bonds. The van der Waals surface area contributed by atoms with Crippen LogP contribution in [0.2, 0.25) is 10.0 Å². The zero-order valence-electron chi connectivity index (χ0n) is 9.53. The van der Waals surface area contributed by atoms with Crippen LogP contribution in [0.3, 0.4) is 0 Å². The summed E-state index contributed by atoms with van der Waals surface area (Å²) >= 11 is 11.9. The van der Waals surface area contributed by atoms with Crippen molar-refractivity contribution in [3.8, 4) is 11.3 Å². The van der Waals surface area contributed by atoms with Gasteiger partial charge in [0.1, 0.15) is 0 Å². The van der Waals surface area contributed by atoms with E-state index in [0.717, 1.165) is 6.07 Å². The van der Waals surface area contributed by atoms with Crippen LogP contribution in [0.5, 0.6) is 0 Å². The number of pyridine rings is 1. The Labute approximate surface area is 118 Å². The van der Waals surface area contributed by atoms with Gasteiger partial charge in [0.05, 0.1) is 22.2 Å².